The van der Waals surface area contributed by atoms with Crippen LogP contribution in [0.4, 0.5) is 14.6 Å². The van der Waals surface area contributed by atoms with Crippen LogP contribution in [0, 0.1) is 18.8 Å². The number of pyridine rings is 1. The molecular formula is C26H30F2N4O4S. The van der Waals surface area contributed by atoms with Gasteiger partial charge >= 0.3 is 0 Å². The quantitative estimate of drug-likeness (QED) is 0.511. The molecule has 3 aromatic rings. The minimum absolute atomic E-state index is 0.0146. The van der Waals surface area contributed by atoms with Crippen LogP contribution in [0.5, 0.6) is 0 Å². The van der Waals surface area contributed by atoms with Gasteiger partial charge in [-0.25, -0.2) is 27.2 Å². The second kappa shape index (κ2) is 9.13. The first-order valence-electron chi connectivity index (χ1n) is 12.2. The zero-order valence-corrected chi connectivity index (χ0v) is 22.0. The summed E-state index contributed by atoms with van der Waals surface area (Å²) < 4.78 is 58.6. The molecule has 11 heteroatoms. The summed E-state index contributed by atoms with van der Waals surface area (Å²) in [6.45, 7) is 3.54. The predicted molar refractivity (Wildman–Crippen MR) is 137 cm³/mol. The SMILES string of the molecule is COC1(c2cc3c(N[C@H](C)c4cccc(C(F)F)c4C)ncnc3n(C)c2=O)CC2CS(=O)(=O)CC2C1. The molecule has 0 radical (unpaired) electrons. The second-order valence-corrected chi connectivity index (χ2v) is 12.5. The first-order valence-corrected chi connectivity index (χ1v) is 14.0. The van der Waals surface area contributed by atoms with Crippen molar-refractivity contribution in [1.29, 1.82) is 0 Å². The number of halogens is 2. The Morgan fingerprint density at radius 3 is 2.43 bits per heavy atom. The Hall–Kier alpha value is -2.92. The smallest absolute Gasteiger partial charge is 0.264 e. The van der Waals surface area contributed by atoms with Gasteiger partial charge in [0, 0.05) is 19.7 Å². The summed E-state index contributed by atoms with van der Waals surface area (Å²) in [5.41, 5.74) is 0.911. The fourth-order valence-electron chi connectivity index (χ4n) is 6.24. The van der Waals surface area contributed by atoms with Crippen molar-refractivity contribution in [3.05, 3.63) is 63.2 Å². The Balaban J connectivity index is 1.57. The zero-order valence-electron chi connectivity index (χ0n) is 21.2. The van der Waals surface area contributed by atoms with Crippen molar-refractivity contribution in [2.75, 3.05) is 23.9 Å². The van der Waals surface area contributed by atoms with Crippen LogP contribution in [-0.2, 0) is 27.2 Å². The van der Waals surface area contributed by atoms with Crippen LogP contribution in [0.25, 0.3) is 11.0 Å². The molecule has 1 N–H and O–H groups in total. The van der Waals surface area contributed by atoms with E-state index < -0.39 is 21.9 Å². The third kappa shape index (κ3) is 4.31. The standard InChI is InChI=1S/C26H30F2N4O4S/c1-14-18(6-5-7-19(14)22(27)28)15(2)31-23-20-8-21(25(33)32(3)24(20)30-13-29-23)26(36-4)9-16-11-37(34,35)12-17(16)10-26/h5-8,13,15-17,22H,9-12H2,1-4H3,(H,29,30,31)/t15-,16?,17?,26?/m1/s1. The molecule has 8 nitrogen and oxygen atoms in total. The zero-order chi connectivity index (χ0) is 26.7. The largest absolute Gasteiger partial charge is 0.373 e. The molecule has 1 aliphatic carbocycles. The second-order valence-electron chi connectivity index (χ2n) is 10.3. The fraction of sp³-hybridized carbons (Fsp3) is 0.500. The van der Waals surface area contributed by atoms with Crippen molar-refractivity contribution >= 4 is 26.7 Å². The van der Waals surface area contributed by atoms with Crippen molar-refractivity contribution in [2.24, 2.45) is 18.9 Å². The number of aromatic nitrogens is 3. The number of benzene rings is 1. The maximum absolute atomic E-state index is 13.5. The Morgan fingerprint density at radius 2 is 1.81 bits per heavy atom. The molecule has 0 amide bonds. The van der Waals surface area contributed by atoms with Crippen LogP contribution in [0.2, 0.25) is 0 Å². The van der Waals surface area contributed by atoms with Crippen LogP contribution >= 0.6 is 0 Å². The summed E-state index contributed by atoms with van der Waals surface area (Å²) in [5.74, 6) is 0.575. The molecule has 37 heavy (non-hydrogen) atoms. The molecule has 3 atom stereocenters. The third-order valence-electron chi connectivity index (χ3n) is 8.14. The molecule has 1 aliphatic heterocycles. The van der Waals surface area contributed by atoms with Gasteiger partial charge in [-0.3, -0.25) is 9.36 Å². The van der Waals surface area contributed by atoms with Gasteiger partial charge in [-0.2, -0.15) is 0 Å². The molecule has 3 heterocycles. The Kier molecular flexibility index (Phi) is 6.34. The highest BCUT2D eigenvalue weighted by atomic mass is 32.2. The van der Waals surface area contributed by atoms with Gasteiger partial charge in [0.1, 0.15) is 17.8 Å². The van der Waals surface area contributed by atoms with Gasteiger partial charge < -0.3 is 10.1 Å². The topological polar surface area (TPSA) is 103 Å². The number of fused-ring (bicyclic) bond motifs is 2. The lowest BCUT2D eigenvalue weighted by Gasteiger charge is -2.29. The normalized spacial score (nSPS) is 25.5. The van der Waals surface area contributed by atoms with Crippen LogP contribution in [-0.4, -0.2) is 41.6 Å². The molecule has 2 unspecified atom stereocenters. The highest BCUT2D eigenvalue weighted by Crippen LogP contribution is 2.51. The molecule has 2 fully saturated rings. The van der Waals surface area contributed by atoms with Gasteiger partial charge in [0.2, 0.25) is 0 Å². The molecule has 0 bridgehead atoms. The number of hydrogen-bond donors (Lipinski definition) is 1. The van der Waals surface area contributed by atoms with Crippen LogP contribution in [0.15, 0.2) is 35.4 Å². The molecule has 0 spiro atoms. The number of hydrogen-bond acceptors (Lipinski definition) is 7. The molecule has 198 valence electrons. The molecule has 1 aromatic carbocycles. The molecule has 2 aromatic heterocycles. The number of aryl methyl sites for hydroxylation is 1. The maximum atomic E-state index is 13.5. The van der Waals surface area contributed by atoms with Crippen molar-refractivity contribution in [3.63, 3.8) is 0 Å². The first kappa shape index (κ1) is 25.7. The van der Waals surface area contributed by atoms with Gasteiger partial charge in [-0.15, -0.1) is 0 Å². The van der Waals surface area contributed by atoms with Gasteiger partial charge in [0.25, 0.3) is 12.0 Å². The van der Waals surface area contributed by atoms with E-state index in [4.69, 9.17) is 4.74 Å². The highest BCUT2D eigenvalue weighted by Gasteiger charge is 2.53. The van der Waals surface area contributed by atoms with E-state index in [2.05, 4.69) is 15.3 Å². The lowest BCUT2D eigenvalue weighted by Crippen LogP contribution is -2.36. The summed E-state index contributed by atoms with van der Waals surface area (Å²) in [4.78, 5) is 22.2. The van der Waals surface area contributed by atoms with Gasteiger partial charge in [0.15, 0.2) is 9.84 Å². The van der Waals surface area contributed by atoms with E-state index in [1.807, 2.05) is 6.92 Å². The van der Waals surface area contributed by atoms with Crippen molar-refractivity contribution in [2.45, 2.75) is 44.8 Å². The Labute approximate surface area is 214 Å². The molecular weight excluding hydrogens is 502 g/mol. The van der Waals surface area contributed by atoms with E-state index in [9.17, 15) is 22.0 Å². The number of anilines is 1. The molecule has 2 aliphatic rings. The summed E-state index contributed by atoms with van der Waals surface area (Å²) >= 11 is 0. The maximum Gasteiger partial charge on any atom is 0.264 e. The van der Waals surface area contributed by atoms with Gasteiger partial charge in [-0.1, -0.05) is 18.2 Å². The van der Waals surface area contributed by atoms with E-state index in [1.165, 1.54) is 17.0 Å². The van der Waals surface area contributed by atoms with Crippen LogP contribution in [0.3, 0.4) is 0 Å². The van der Waals surface area contributed by atoms with Gasteiger partial charge in [-0.05, 0) is 55.7 Å². The summed E-state index contributed by atoms with van der Waals surface area (Å²) in [5, 5.41) is 3.92. The van der Waals surface area contributed by atoms with E-state index in [1.54, 1.807) is 39.3 Å². The van der Waals surface area contributed by atoms with Crippen molar-refractivity contribution < 1.29 is 21.9 Å². The number of alkyl halides is 2. The average Bonchev–Trinajstić information content (AvgIpc) is 3.32. The molecule has 1 saturated carbocycles. The van der Waals surface area contributed by atoms with E-state index in [0.29, 0.717) is 46.4 Å². The van der Waals surface area contributed by atoms with Gasteiger partial charge in [0.05, 0.1) is 34.1 Å². The number of sulfone groups is 1. The third-order valence-corrected chi connectivity index (χ3v) is 10.0. The van der Waals surface area contributed by atoms with Crippen LogP contribution < -0.4 is 10.9 Å². The van der Waals surface area contributed by atoms with E-state index >= 15 is 0 Å². The number of rotatable bonds is 6. The number of methoxy groups -OCH3 is 1. The average molecular weight is 533 g/mol. The predicted octanol–water partition coefficient (Wildman–Crippen LogP) is 4.04. The number of nitrogens with one attached hydrogen (secondary N) is 1. The van der Waals surface area contributed by atoms with Crippen molar-refractivity contribution in [1.82, 2.24) is 14.5 Å². The number of nitrogens with zero attached hydrogens (tertiary/aromatic N) is 3. The van der Waals surface area contributed by atoms with Crippen LogP contribution in [0.1, 0.15) is 54.5 Å². The van der Waals surface area contributed by atoms with Crippen molar-refractivity contribution in [3.8, 4) is 0 Å². The van der Waals surface area contributed by atoms with E-state index in [-0.39, 0.29) is 40.5 Å². The number of ether oxygens (including phenoxy) is 1. The summed E-state index contributed by atoms with van der Waals surface area (Å²) in [6.07, 6.45) is -0.327. The minimum atomic E-state index is -3.07. The lowest BCUT2D eigenvalue weighted by molar-refractivity contribution is -0.0150. The fourth-order valence-corrected chi connectivity index (χ4v) is 8.46. The lowest BCUT2D eigenvalue weighted by atomic mass is 9.90. The Bertz CT molecular complexity index is 1520. The summed E-state index contributed by atoms with van der Waals surface area (Å²) in [7, 11) is 0.116. The van der Waals surface area contributed by atoms with E-state index in [0.717, 1.165) is 0 Å². The molecule has 5 rings (SSSR count). The monoisotopic (exact) mass is 532 g/mol. The summed E-state index contributed by atoms with van der Waals surface area (Å²) in [6, 6.07) is 6.22. The molecule has 1 saturated heterocycles. The first-order chi connectivity index (χ1) is 17.5. The highest BCUT2D eigenvalue weighted by molar-refractivity contribution is 7.91. The Morgan fingerprint density at radius 1 is 1.16 bits per heavy atom. The minimum Gasteiger partial charge on any atom is -0.373 e.